The van der Waals surface area contributed by atoms with E-state index >= 15 is 0 Å². The molecule has 170 valence electrons. The average molecular weight is 520 g/mol. The minimum absolute atomic E-state index is 0.0221. The van der Waals surface area contributed by atoms with Crippen molar-refractivity contribution in [3.63, 3.8) is 0 Å². The number of phenols is 1. The fourth-order valence-electron chi connectivity index (χ4n) is 4.21. The summed E-state index contributed by atoms with van der Waals surface area (Å²) >= 11 is 3.48. The second-order valence-corrected chi connectivity index (χ2v) is 8.97. The summed E-state index contributed by atoms with van der Waals surface area (Å²) in [5, 5.41) is 26.3. The lowest BCUT2D eigenvalue weighted by Crippen LogP contribution is -2.15. The third kappa shape index (κ3) is 3.94. The number of fused-ring (bicyclic) bond motifs is 2. The van der Waals surface area contributed by atoms with Crippen molar-refractivity contribution in [1.29, 1.82) is 0 Å². The first-order valence-electron chi connectivity index (χ1n) is 10.4. The molecule has 1 atom stereocenters. The van der Waals surface area contributed by atoms with Gasteiger partial charge in [0, 0.05) is 34.5 Å². The Morgan fingerprint density at radius 2 is 2.00 bits per heavy atom. The Morgan fingerprint density at radius 3 is 2.79 bits per heavy atom. The Bertz CT molecular complexity index is 1560. The number of benzene rings is 3. The Hall–Kier alpha value is -3.98. The molecule has 0 saturated heterocycles. The highest BCUT2D eigenvalue weighted by Gasteiger charge is 2.26. The van der Waals surface area contributed by atoms with Crippen molar-refractivity contribution >= 4 is 49.7 Å². The van der Waals surface area contributed by atoms with Crippen molar-refractivity contribution in [3.8, 4) is 5.75 Å². The summed E-state index contributed by atoms with van der Waals surface area (Å²) < 4.78 is 6.37. The second kappa shape index (κ2) is 8.42. The fourth-order valence-corrected chi connectivity index (χ4v) is 4.57. The summed E-state index contributed by atoms with van der Waals surface area (Å²) in [6.45, 7) is 1.80. The monoisotopic (exact) mass is 519 g/mol. The van der Waals surface area contributed by atoms with Crippen LogP contribution in [0.1, 0.15) is 29.2 Å². The number of hydrogen-bond acceptors (Lipinski definition) is 7. The molecule has 0 unspecified atom stereocenters. The molecule has 4 aromatic rings. The molecular weight excluding hydrogens is 502 g/mol. The quantitative estimate of drug-likeness (QED) is 0.190. The lowest BCUT2D eigenvalue weighted by atomic mass is 9.94. The van der Waals surface area contributed by atoms with Gasteiger partial charge >= 0.3 is 5.63 Å². The molecule has 8 nitrogen and oxygen atoms in total. The van der Waals surface area contributed by atoms with Crippen molar-refractivity contribution < 1.29 is 14.4 Å². The highest BCUT2D eigenvalue weighted by Crippen LogP contribution is 2.40. The van der Waals surface area contributed by atoms with Crippen molar-refractivity contribution in [2.24, 2.45) is 4.99 Å². The van der Waals surface area contributed by atoms with Gasteiger partial charge < -0.3 is 14.8 Å². The minimum atomic E-state index is -0.524. The number of hydrogen-bond donors (Lipinski definition) is 2. The van der Waals surface area contributed by atoms with Crippen LogP contribution in [0.5, 0.6) is 5.75 Å². The number of aryl methyl sites for hydroxylation is 1. The van der Waals surface area contributed by atoms with E-state index in [-0.39, 0.29) is 23.4 Å². The molecule has 34 heavy (non-hydrogen) atoms. The van der Waals surface area contributed by atoms with Crippen LogP contribution in [0.4, 0.5) is 17.1 Å². The van der Waals surface area contributed by atoms with Gasteiger partial charge in [0.15, 0.2) is 5.58 Å². The number of nitrogens with zero attached hydrogens (tertiary/aromatic N) is 2. The first-order valence-corrected chi connectivity index (χ1v) is 11.2. The van der Waals surface area contributed by atoms with Gasteiger partial charge in [0.25, 0.3) is 5.69 Å². The number of aliphatic imine (C=N–C) groups is 1. The molecule has 0 spiro atoms. The molecule has 9 heteroatoms. The van der Waals surface area contributed by atoms with Crippen molar-refractivity contribution in [3.05, 3.63) is 102 Å². The number of anilines is 1. The Morgan fingerprint density at radius 1 is 1.18 bits per heavy atom. The highest BCUT2D eigenvalue weighted by atomic mass is 79.9. The molecule has 0 saturated carbocycles. The van der Waals surface area contributed by atoms with Crippen LogP contribution in [-0.4, -0.2) is 15.7 Å². The van der Waals surface area contributed by atoms with Crippen molar-refractivity contribution in [1.82, 2.24) is 0 Å². The maximum Gasteiger partial charge on any atom is 0.336 e. The number of nitro groups is 1. The summed E-state index contributed by atoms with van der Waals surface area (Å²) in [6.07, 6.45) is 0.276. The van der Waals surface area contributed by atoms with E-state index in [1.807, 2.05) is 18.2 Å². The number of non-ortho nitro benzene ring substituents is 1. The smallest absolute Gasteiger partial charge is 0.336 e. The van der Waals surface area contributed by atoms with Crippen LogP contribution >= 0.6 is 15.9 Å². The predicted molar refractivity (Wildman–Crippen MR) is 133 cm³/mol. The van der Waals surface area contributed by atoms with Crippen molar-refractivity contribution in [2.75, 3.05) is 5.32 Å². The van der Waals surface area contributed by atoms with Crippen LogP contribution in [0.25, 0.3) is 11.0 Å². The molecule has 3 aromatic carbocycles. The molecule has 2 heterocycles. The van der Waals surface area contributed by atoms with E-state index in [9.17, 15) is 20.0 Å². The number of aromatic hydroxyl groups is 1. The first-order chi connectivity index (χ1) is 16.3. The summed E-state index contributed by atoms with van der Waals surface area (Å²) in [5.41, 5.74) is 3.27. The standard InChI is InChI=1S/C25H18BrN3O5/c1-13-9-23(31)34-25-17(13)6-8-22(30)24(25)21-12-19(14-3-2-4-16(10-14)29(32)33)28-20-11-15(26)5-7-18(20)27-21/h2-11,19,28,30H,12H2,1H3/t19-/m0/s1. The van der Waals surface area contributed by atoms with Gasteiger partial charge in [-0.3, -0.25) is 15.1 Å². The molecule has 0 aliphatic carbocycles. The molecule has 0 fully saturated rings. The molecule has 0 bridgehead atoms. The third-order valence-corrected chi connectivity index (χ3v) is 6.30. The number of nitrogens with one attached hydrogen (secondary N) is 1. The summed E-state index contributed by atoms with van der Waals surface area (Å²) in [5.74, 6) is -0.0710. The number of rotatable bonds is 3. The lowest BCUT2D eigenvalue weighted by Gasteiger charge is -2.20. The molecule has 1 aliphatic rings. The molecule has 0 amide bonds. The van der Waals surface area contributed by atoms with E-state index in [0.29, 0.717) is 27.9 Å². The minimum Gasteiger partial charge on any atom is -0.507 e. The van der Waals surface area contributed by atoms with E-state index in [1.165, 1.54) is 18.2 Å². The highest BCUT2D eigenvalue weighted by molar-refractivity contribution is 9.10. The van der Waals surface area contributed by atoms with Gasteiger partial charge in [0.2, 0.25) is 0 Å². The van der Waals surface area contributed by atoms with E-state index in [0.717, 1.165) is 15.7 Å². The summed E-state index contributed by atoms with van der Waals surface area (Å²) in [6, 6.07) is 16.2. The lowest BCUT2D eigenvalue weighted by molar-refractivity contribution is -0.384. The van der Waals surface area contributed by atoms with E-state index in [2.05, 4.69) is 21.2 Å². The molecule has 2 N–H and O–H groups in total. The van der Waals surface area contributed by atoms with Gasteiger partial charge in [-0.05, 0) is 48.4 Å². The molecule has 1 aliphatic heterocycles. The SMILES string of the molecule is Cc1cc(=O)oc2c(C3=Nc4ccc(Br)cc4N[C@H](c4cccc([N+](=O)[O-])c4)C3)c(O)ccc12. The third-order valence-electron chi connectivity index (χ3n) is 5.81. The van der Waals surface area contributed by atoms with Gasteiger partial charge in [-0.1, -0.05) is 28.1 Å². The van der Waals surface area contributed by atoms with Crippen LogP contribution in [0.3, 0.4) is 0 Å². The van der Waals surface area contributed by atoms with Crippen LogP contribution < -0.4 is 10.9 Å². The number of nitro benzene ring substituents is 1. The van der Waals surface area contributed by atoms with Crippen LogP contribution in [0.15, 0.2) is 79.3 Å². The maximum atomic E-state index is 12.2. The summed E-state index contributed by atoms with van der Waals surface area (Å²) in [7, 11) is 0. The van der Waals surface area contributed by atoms with Gasteiger partial charge in [-0.15, -0.1) is 0 Å². The number of phenolic OH excluding ortho intramolecular Hbond substituents is 1. The zero-order chi connectivity index (χ0) is 24.0. The molecular formula is C25H18BrN3O5. The zero-order valence-corrected chi connectivity index (χ0v) is 19.5. The first kappa shape index (κ1) is 21.8. The van der Waals surface area contributed by atoms with Crippen LogP contribution in [0, 0.1) is 17.0 Å². The fraction of sp³-hybridized carbons (Fsp3) is 0.120. The Kier molecular flexibility index (Phi) is 5.41. The average Bonchev–Trinajstić information content (AvgIpc) is 2.98. The van der Waals surface area contributed by atoms with Gasteiger partial charge in [-0.25, -0.2) is 4.79 Å². The Balaban J connectivity index is 1.75. The maximum absolute atomic E-state index is 12.2. The summed E-state index contributed by atoms with van der Waals surface area (Å²) in [4.78, 5) is 27.9. The van der Waals surface area contributed by atoms with E-state index < -0.39 is 16.6 Å². The molecule has 5 rings (SSSR count). The van der Waals surface area contributed by atoms with E-state index in [4.69, 9.17) is 9.41 Å². The Labute approximate surface area is 201 Å². The van der Waals surface area contributed by atoms with Crippen LogP contribution in [0.2, 0.25) is 0 Å². The predicted octanol–water partition coefficient (Wildman–Crippen LogP) is 6.16. The number of halogens is 1. The largest absolute Gasteiger partial charge is 0.507 e. The second-order valence-electron chi connectivity index (χ2n) is 8.06. The zero-order valence-electron chi connectivity index (χ0n) is 17.9. The van der Waals surface area contributed by atoms with Gasteiger partial charge in [-0.2, -0.15) is 0 Å². The van der Waals surface area contributed by atoms with Gasteiger partial charge in [0.05, 0.1) is 33.6 Å². The van der Waals surface area contributed by atoms with Crippen LogP contribution in [-0.2, 0) is 0 Å². The van der Waals surface area contributed by atoms with Crippen molar-refractivity contribution in [2.45, 2.75) is 19.4 Å². The molecule has 1 aromatic heterocycles. The van der Waals surface area contributed by atoms with Gasteiger partial charge in [0.1, 0.15) is 5.75 Å². The van der Waals surface area contributed by atoms with E-state index in [1.54, 1.807) is 31.2 Å². The molecule has 0 radical (unpaired) electrons. The normalized spacial score (nSPS) is 15.2. The topological polar surface area (TPSA) is 118 Å².